The average molecular weight is 270 g/mol. The van der Waals surface area contributed by atoms with Gasteiger partial charge in [0.25, 0.3) is 0 Å². The number of fused-ring (bicyclic) bond motifs is 5. The fourth-order valence-corrected chi connectivity index (χ4v) is 2.96. The quantitative estimate of drug-likeness (QED) is 0.865. The van der Waals surface area contributed by atoms with Gasteiger partial charge in [-0.05, 0) is 24.3 Å². The topological polar surface area (TPSA) is 47.9 Å². The van der Waals surface area contributed by atoms with Crippen molar-refractivity contribution in [2.45, 2.75) is 12.0 Å². The van der Waals surface area contributed by atoms with E-state index in [1.54, 1.807) is 25.3 Å². The van der Waals surface area contributed by atoms with Crippen molar-refractivity contribution in [3.05, 3.63) is 47.5 Å². The van der Waals surface area contributed by atoms with Crippen LogP contribution in [0, 0.1) is 0 Å². The smallest absolute Gasteiger partial charge is 0.138 e. The first kappa shape index (κ1) is 11.5. The van der Waals surface area contributed by atoms with Gasteiger partial charge in [-0.25, -0.2) is 0 Å². The maximum Gasteiger partial charge on any atom is 0.138 e. The van der Waals surface area contributed by atoms with Crippen molar-refractivity contribution in [2.24, 2.45) is 0 Å². The molecule has 0 saturated heterocycles. The van der Waals surface area contributed by atoms with Crippen LogP contribution in [-0.2, 0) is 0 Å². The van der Waals surface area contributed by atoms with Crippen LogP contribution in [0.15, 0.2) is 36.4 Å². The fourth-order valence-electron chi connectivity index (χ4n) is 2.96. The predicted octanol–water partition coefficient (Wildman–Crippen LogP) is 3.01. The molecule has 0 aliphatic carbocycles. The summed E-state index contributed by atoms with van der Waals surface area (Å²) in [6.07, 6.45) is -0.104. The van der Waals surface area contributed by atoms with Crippen molar-refractivity contribution in [1.29, 1.82) is 0 Å². The standard InChI is InChI=1S/C16H14O4/c1-18-10-3-4-11-13-8-19-14-5-2-9(17)6-12(14)16(13)20-15(11)7-10/h2-7,13,16-17H,8H2,1H3. The molecule has 2 aliphatic heterocycles. The summed E-state index contributed by atoms with van der Waals surface area (Å²) in [7, 11) is 1.64. The third-order valence-corrected chi connectivity index (χ3v) is 3.96. The van der Waals surface area contributed by atoms with Gasteiger partial charge >= 0.3 is 0 Å². The Bertz CT molecular complexity index is 680. The first-order valence-corrected chi connectivity index (χ1v) is 6.56. The molecule has 2 heterocycles. The Balaban J connectivity index is 1.79. The van der Waals surface area contributed by atoms with Gasteiger partial charge in [-0.1, -0.05) is 6.07 Å². The molecular formula is C16H14O4. The van der Waals surface area contributed by atoms with E-state index in [0.717, 1.165) is 28.4 Å². The molecule has 0 amide bonds. The summed E-state index contributed by atoms with van der Waals surface area (Å²) in [5.74, 6) is 2.78. The molecule has 4 rings (SSSR count). The van der Waals surface area contributed by atoms with Crippen molar-refractivity contribution in [1.82, 2.24) is 0 Å². The molecule has 2 atom stereocenters. The third-order valence-electron chi connectivity index (χ3n) is 3.96. The monoisotopic (exact) mass is 270 g/mol. The first-order valence-electron chi connectivity index (χ1n) is 6.56. The normalized spacial score (nSPS) is 22.1. The van der Waals surface area contributed by atoms with Gasteiger partial charge in [0.05, 0.1) is 19.6 Å². The number of hydrogen-bond acceptors (Lipinski definition) is 4. The Morgan fingerprint density at radius 1 is 1.10 bits per heavy atom. The van der Waals surface area contributed by atoms with Crippen LogP contribution in [0.2, 0.25) is 0 Å². The molecular weight excluding hydrogens is 256 g/mol. The maximum atomic E-state index is 9.68. The van der Waals surface area contributed by atoms with Crippen molar-refractivity contribution in [2.75, 3.05) is 13.7 Å². The van der Waals surface area contributed by atoms with E-state index in [9.17, 15) is 5.11 Å². The van der Waals surface area contributed by atoms with Gasteiger partial charge in [0.1, 0.15) is 29.1 Å². The first-order chi connectivity index (χ1) is 9.76. The summed E-state index contributed by atoms with van der Waals surface area (Å²) in [5, 5.41) is 9.68. The fraction of sp³-hybridized carbons (Fsp3) is 0.250. The number of ether oxygens (including phenoxy) is 3. The van der Waals surface area contributed by atoms with Crippen LogP contribution >= 0.6 is 0 Å². The molecule has 4 heteroatoms. The highest BCUT2D eigenvalue weighted by atomic mass is 16.5. The molecule has 102 valence electrons. The number of hydrogen-bond donors (Lipinski definition) is 1. The minimum absolute atomic E-state index is 0.104. The van der Waals surface area contributed by atoms with Crippen molar-refractivity contribution >= 4 is 0 Å². The van der Waals surface area contributed by atoms with Crippen molar-refractivity contribution in [3.63, 3.8) is 0 Å². The Labute approximate surface area is 116 Å². The summed E-state index contributed by atoms with van der Waals surface area (Å²) >= 11 is 0. The van der Waals surface area contributed by atoms with E-state index in [2.05, 4.69) is 0 Å². The van der Waals surface area contributed by atoms with Gasteiger partial charge in [0.2, 0.25) is 0 Å². The zero-order valence-electron chi connectivity index (χ0n) is 11.0. The Kier molecular flexibility index (Phi) is 2.33. The number of aromatic hydroxyl groups is 1. The number of rotatable bonds is 1. The SMILES string of the molecule is COc1ccc2c(c1)OC1c3cc(O)ccc3OCC21. The molecule has 2 aromatic rings. The van der Waals surface area contributed by atoms with Gasteiger partial charge in [-0.2, -0.15) is 0 Å². The summed E-state index contributed by atoms with van der Waals surface area (Å²) < 4.78 is 17.1. The average Bonchev–Trinajstić information content (AvgIpc) is 2.85. The molecule has 4 nitrogen and oxygen atoms in total. The van der Waals surface area contributed by atoms with Gasteiger partial charge in [-0.15, -0.1) is 0 Å². The number of benzene rings is 2. The van der Waals surface area contributed by atoms with Crippen LogP contribution in [0.1, 0.15) is 23.1 Å². The van der Waals surface area contributed by atoms with Crippen LogP contribution < -0.4 is 14.2 Å². The molecule has 0 fully saturated rings. The summed E-state index contributed by atoms with van der Waals surface area (Å²) in [5.41, 5.74) is 2.03. The zero-order valence-corrected chi connectivity index (χ0v) is 11.0. The minimum atomic E-state index is -0.104. The van der Waals surface area contributed by atoms with Gasteiger partial charge in [0.15, 0.2) is 0 Å². The van der Waals surface area contributed by atoms with Crippen LogP contribution in [0.3, 0.4) is 0 Å². The lowest BCUT2D eigenvalue weighted by atomic mass is 9.89. The van der Waals surface area contributed by atoms with E-state index in [0.29, 0.717) is 6.61 Å². The second-order valence-corrected chi connectivity index (χ2v) is 5.08. The predicted molar refractivity (Wildman–Crippen MR) is 72.7 cm³/mol. The minimum Gasteiger partial charge on any atom is -0.508 e. The number of methoxy groups -OCH3 is 1. The van der Waals surface area contributed by atoms with E-state index in [1.807, 2.05) is 18.2 Å². The lowest BCUT2D eigenvalue weighted by Crippen LogP contribution is -2.22. The van der Waals surface area contributed by atoms with Crippen LogP contribution in [-0.4, -0.2) is 18.8 Å². The largest absolute Gasteiger partial charge is 0.508 e. The van der Waals surface area contributed by atoms with Gasteiger partial charge in [-0.3, -0.25) is 0 Å². The molecule has 0 aromatic heterocycles. The molecule has 0 bridgehead atoms. The number of phenolic OH excluding ortho intramolecular Hbond substituents is 1. The molecule has 20 heavy (non-hydrogen) atoms. The van der Waals surface area contributed by atoms with Crippen LogP contribution in [0.4, 0.5) is 0 Å². The van der Waals surface area contributed by atoms with Gasteiger partial charge in [0, 0.05) is 17.2 Å². The highest BCUT2D eigenvalue weighted by molar-refractivity contribution is 5.52. The van der Waals surface area contributed by atoms with E-state index in [-0.39, 0.29) is 17.8 Å². The van der Waals surface area contributed by atoms with E-state index in [1.165, 1.54) is 0 Å². The summed E-state index contributed by atoms with van der Waals surface area (Å²) in [6.45, 7) is 0.585. The second kappa shape index (κ2) is 4.07. The highest BCUT2D eigenvalue weighted by Crippen LogP contribution is 2.52. The molecule has 1 N–H and O–H groups in total. The lowest BCUT2D eigenvalue weighted by Gasteiger charge is -2.27. The summed E-state index contributed by atoms with van der Waals surface area (Å²) in [4.78, 5) is 0. The number of phenols is 1. The Morgan fingerprint density at radius 3 is 2.85 bits per heavy atom. The lowest BCUT2D eigenvalue weighted by molar-refractivity contribution is 0.139. The highest BCUT2D eigenvalue weighted by Gasteiger charge is 2.40. The molecule has 0 saturated carbocycles. The van der Waals surface area contributed by atoms with Crippen molar-refractivity contribution in [3.8, 4) is 23.0 Å². The van der Waals surface area contributed by atoms with Gasteiger partial charge < -0.3 is 19.3 Å². The maximum absolute atomic E-state index is 9.68. The molecule has 2 aromatic carbocycles. The van der Waals surface area contributed by atoms with Crippen LogP contribution in [0.25, 0.3) is 0 Å². The van der Waals surface area contributed by atoms with Crippen LogP contribution in [0.5, 0.6) is 23.0 Å². The second-order valence-electron chi connectivity index (χ2n) is 5.08. The Morgan fingerprint density at radius 2 is 2.00 bits per heavy atom. The molecule has 2 unspecified atom stereocenters. The Hall–Kier alpha value is -2.36. The van der Waals surface area contributed by atoms with E-state index in [4.69, 9.17) is 14.2 Å². The molecule has 0 radical (unpaired) electrons. The molecule has 0 spiro atoms. The molecule has 2 aliphatic rings. The zero-order chi connectivity index (χ0) is 13.7. The van der Waals surface area contributed by atoms with E-state index < -0.39 is 0 Å². The van der Waals surface area contributed by atoms with E-state index >= 15 is 0 Å². The summed E-state index contributed by atoms with van der Waals surface area (Å²) in [6, 6.07) is 11.0. The third kappa shape index (κ3) is 1.54. The van der Waals surface area contributed by atoms with Crippen molar-refractivity contribution < 1.29 is 19.3 Å².